The summed E-state index contributed by atoms with van der Waals surface area (Å²) in [6.45, 7) is 7.77. The molecule has 1 unspecified atom stereocenters. The van der Waals surface area contributed by atoms with Gasteiger partial charge in [0.2, 0.25) is 5.91 Å². The average Bonchev–Trinajstić information content (AvgIpc) is 2.82. The van der Waals surface area contributed by atoms with Crippen LogP contribution in [0.1, 0.15) is 35.4 Å². The van der Waals surface area contributed by atoms with Crippen molar-refractivity contribution in [2.45, 2.75) is 40.3 Å². The van der Waals surface area contributed by atoms with Gasteiger partial charge < -0.3 is 10.4 Å². The lowest BCUT2D eigenvalue weighted by molar-refractivity contribution is -0.116. The van der Waals surface area contributed by atoms with Crippen LogP contribution in [0.4, 0.5) is 5.69 Å². The smallest absolute Gasteiger partial charge is 0.246 e. The number of amides is 1. The minimum Gasteiger partial charge on any atom is -0.387 e. The molecule has 0 bridgehead atoms. The number of carbonyl (C=O) groups is 1. The Balaban J connectivity index is 2.08. The van der Waals surface area contributed by atoms with Gasteiger partial charge in [0, 0.05) is 11.9 Å². The maximum atomic E-state index is 12.1. The summed E-state index contributed by atoms with van der Waals surface area (Å²) in [5.74, 6) is -0.134. The number of aliphatic hydroxyl groups excluding tert-OH is 1. The first kappa shape index (κ1) is 15.3. The Bertz CT molecular complexity index is 636. The summed E-state index contributed by atoms with van der Waals surface area (Å²) >= 11 is 0. The van der Waals surface area contributed by atoms with E-state index in [1.54, 1.807) is 19.2 Å². The minimum atomic E-state index is -0.629. The van der Waals surface area contributed by atoms with Gasteiger partial charge in [-0.05, 0) is 44.9 Å². The quantitative estimate of drug-likeness (QED) is 0.908. The summed E-state index contributed by atoms with van der Waals surface area (Å²) < 4.78 is 1.52. The molecule has 1 atom stereocenters. The van der Waals surface area contributed by atoms with Gasteiger partial charge in [-0.15, -0.1) is 0 Å². The standard InChI is InChI=1S/C16H21N3O2/c1-10-7-11(2)16(12(3)8-10)17-15(21)9-19-6-5-14(18-19)13(4)20/h5-8,13,20H,9H2,1-4H3,(H,17,21). The molecule has 5 heteroatoms. The number of nitrogens with one attached hydrogen (secondary N) is 1. The number of benzene rings is 1. The number of anilines is 1. The van der Waals surface area contributed by atoms with E-state index < -0.39 is 6.10 Å². The van der Waals surface area contributed by atoms with Gasteiger partial charge in [-0.1, -0.05) is 17.7 Å². The average molecular weight is 287 g/mol. The summed E-state index contributed by atoms with van der Waals surface area (Å²) in [5, 5.41) is 16.5. The van der Waals surface area contributed by atoms with E-state index in [1.165, 1.54) is 10.2 Å². The lowest BCUT2D eigenvalue weighted by Gasteiger charge is -2.13. The number of aromatic nitrogens is 2. The van der Waals surface area contributed by atoms with Crippen LogP contribution in [-0.4, -0.2) is 20.8 Å². The Morgan fingerprint density at radius 2 is 1.95 bits per heavy atom. The Hall–Kier alpha value is -2.14. The minimum absolute atomic E-state index is 0.124. The maximum Gasteiger partial charge on any atom is 0.246 e. The van der Waals surface area contributed by atoms with Crippen molar-refractivity contribution in [3.8, 4) is 0 Å². The molecule has 0 aliphatic heterocycles. The molecular formula is C16H21N3O2. The van der Waals surface area contributed by atoms with Crippen molar-refractivity contribution >= 4 is 11.6 Å². The highest BCUT2D eigenvalue weighted by molar-refractivity contribution is 5.92. The molecule has 2 rings (SSSR count). The molecule has 0 saturated carbocycles. The second kappa shape index (κ2) is 6.10. The molecule has 1 aromatic carbocycles. The van der Waals surface area contributed by atoms with E-state index in [9.17, 15) is 9.90 Å². The van der Waals surface area contributed by atoms with E-state index in [0.717, 1.165) is 16.8 Å². The third-order valence-corrected chi connectivity index (χ3v) is 3.34. The summed E-state index contributed by atoms with van der Waals surface area (Å²) in [5.41, 5.74) is 4.69. The van der Waals surface area contributed by atoms with Crippen molar-refractivity contribution in [1.82, 2.24) is 9.78 Å². The fourth-order valence-electron chi connectivity index (χ4n) is 2.39. The molecule has 2 aromatic rings. The molecule has 112 valence electrons. The van der Waals surface area contributed by atoms with Gasteiger partial charge in [-0.2, -0.15) is 5.10 Å². The van der Waals surface area contributed by atoms with Crippen molar-refractivity contribution in [2.24, 2.45) is 0 Å². The molecule has 0 saturated heterocycles. The summed E-state index contributed by atoms with van der Waals surface area (Å²) in [4.78, 5) is 12.1. The third-order valence-electron chi connectivity index (χ3n) is 3.34. The normalized spacial score (nSPS) is 12.2. The Labute approximate surface area is 124 Å². The van der Waals surface area contributed by atoms with E-state index in [1.807, 2.05) is 32.9 Å². The molecule has 1 amide bonds. The summed E-state index contributed by atoms with van der Waals surface area (Å²) in [6.07, 6.45) is 1.06. The van der Waals surface area contributed by atoms with E-state index in [2.05, 4.69) is 10.4 Å². The topological polar surface area (TPSA) is 67.2 Å². The Morgan fingerprint density at radius 3 is 2.48 bits per heavy atom. The van der Waals surface area contributed by atoms with Crippen molar-refractivity contribution in [1.29, 1.82) is 0 Å². The first-order chi connectivity index (χ1) is 9.86. The number of nitrogens with zero attached hydrogens (tertiary/aromatic N) is 2. The molecule has 2 N–H and O–H groups in total. The van der Waals surface area contributed by atoms with Crippen molar-refractivity contribution < 1.29 is 9.90 Å². The SMILES string of the molecule is Cc1cc(C)c(NC(=O)Cn2ccc(C(C)O)n2)c(C)c1. The van der Waals surface area contributed by atoms with Crippen LogP contribution in [0.25, 0.3) is 0 Å². The molecule has 0 spiro atoms. The Morgan fingerprint density at radius 1 is 1.33 bits per heavy atom. The molecule has 1 aromatic heterocycles. The van der Waals surface area contributed by atoms with Crippen LogP contribution < -0.4 is 5.32 Å². The van der Waals surface area contributed by atoms with Gasteiger partial charge >= 0.3 is 0 Å². The highest BCUT2D eigenvalue weighted by Crippen LogP contribution is 2.21. The van der Waals surface area contributed by atoms with Crippen molar-refractivity contribution in [3.05, 3.63) is 46.8 Å². The fourth-order valence-corrected chi connectivity index (χ4v) is 2.39. The molecule has 0 aliphatic rings. The van der Waals surface area contributed by atoms with Crippen LogP contribution in [0.2, 0.25) is 0 Å². The first-order valence-corrected chi connectivity index (χ1v) is 6.96. The maximum absolute atomic E-state index is 12.1. The molecule has 1 heterocycles. The number of hydrogen-bond acceptors (Lipinski definition) is 3. The predicted octanol–water partition coefficient (Wildman–Crippen LogP) is 2.50. The molecule has 0 fully saturated rings. The molecule has 0 radical (unpaired) electrons. The summed E-state index contributed by atoms with van der Waals surface area (Å²) in [7, 11) is 0. The highest BCUT2D eigenvalue weighted by atomic mass is 16.3. The first-order valence-electron chi connectivity index (χ1n) is 6.96. The van der Waals surface area contributed by atoms with Gasteiger partial charge in [-0.3, -0.25) is 9.48 Å². The lowest BCUT2D eigenvalue weighted by Crippen LogP contribution is -2.20. The van der Waals surface area contributed by atoms with E-state index in [-0.39, 0.29) is 12.5 Å². The fraction of sp³-hybridized carbons (Fsp3) is 0.375. The van der Waals surface area contributed by atoms with E-state index >= 15 is 0 Å². The third kappa shape index (κ3) is 3.70. The Kier molecular flexibility index (Phi) is 4.43. The zero-order valence-electron chi connectivity index (χ0n) is 12.8. The van der Waals surface area contributed by atoms with Crippen LogP contribution in [0, 0.1) is 20.8 Å². The number of rotatable bonds is 4. The van der Waals surface area contributed by atoms with Gasteiger partial charge in [0.25, 0.3) is 0 Å². The second-order valence-electron chi connectivity index (χ2n) is 5.44. The number of aliphatic hydroxyl groups is 1. The van der Waals surface area contributed by atoms with Crippen LogP contribution in [0.15, 0.2) is 24.4 Å². The molecule has 5 nitrogen and oxygen atoms in total. The zero-order valence-corrected chi connectivity index (χ0v) is 12.8. The van der Waals surface area contributed by atoms with Crippen LogP contribution in [0.3, 0.4) is 0 Å². The van der Waals surface area contributed by atoms with Crippen molar-refractivity contribution in [3.63, 3.8) is 0 Å². The zero-order chi connectivity index (χ0) is 15.6. The van der Waals surface area contributed by atoms with Crippen molar-refractivity contribution in [2.75, 3.05) is 5.32 Å². The van der Waals surface area contributed by atoms with Gasteiger partial charge in [0.05, 0.1) is 11.8 Å². The van der Waals surface area contributed by atoms with Gasteiger partial charge in [0.1, 0.15) is 6.54 Å². The number of hydrogen-bond donors (Lipinski definition) is 2. The van der Waals surface area contributed by atoms with Crippen LogP contribution in [0.5, 0.6) is 0 Å². The molecular weight excluding hydrogens is 266 g/mol. The number of carbonyl (C=O) groups excluding carboxylic acids is 1. The lowest BCUT2D eigenvalue weighted by atomic mass is 10.1. The summed E-state index contributed by atoms with van der Waals surface area (Å²) in [6, 6.07) is 5.80. The largest absolute Gasteiger partial charge is 0.387 e. The van der Waals surface area contributed by atoms with Crippen LogP contribution in [-0.2, 0) is 11.3 Å². The monoisotopic (exact) mass is 287 g/mol. The highest BCUT2D eigenvalue weighted by Gasteiger charge is 2.11. The van der Waals surface area contributed by atoms with Gasteiger partial charge in [-0.25, -0.2) is 0 Å². The molecule has 21 heavy (non-hydrogen) atoms. The molecule has 0 aliphatic carbocycles. The van der Waals surface area contributed by atoms with Gasteiger partial charge in [0.15, 0.2) is 0 Å². The second-order valence-corrected chi connectivity index (χ2v) is 5.44. The number of aryl methyl sites for hydroxylation is 3. The van der Waals surface area contributed by atoms with E-state index in [0.29, 0.717) is 5.69 Å². The van der Waals surface area contributed by atoms with E-state index in [4.69, 9.17) is 0 Å². The van der Waals surface area contributed by atoms with Crippen LogP contribution >= 0.6 is 0 Å². The predicted molar refractivity (Wildman–Crippen MR) is 82.1 cm³/mol.